The predicted octanol–water partition coefficient (Wildman–Crippen LogP) is 1.95. The molecule has 0 aliphatic carbocycles. The van der Waals surface area contributed by atoms with Crippen molar-refractivity contribution in [3.05, 3.63) is 29.3 Å². The van der Waals surface area contributed by atoms with Gasteiger partial charge in [0, 0.05) is 12.1 Å². The normalized spacial score (nSPS) is 13.8. The predicted molar refractivity (Wildman–Crippen MR) is 70.6 cm³/mol. The molecule has 0 radical (unpaired) electrons. The SMILES string of the molecule is CCNC(=O)C(C)Oc1cc(C)ccc1C(C)O. The number of aliphatic hydroxyl groups is 1. The van der Waals surface area contributed by atoms with E-state index in [1.807, 2.05) is 32.0 Å². The Labute approximate surface area is 108 Å². The standard InChI is InChI=1S/C14H21NO3/c1-5-15-14(17)11(4)18-13-8-9(2)6-7-12(13)10(3)16/h6-8,10-11,16H,5H2,1-4H3,(H,15,17). The van der Waals surface area contributed by atoms with Crippen LogP contribution in [0.4, 0.5) is 0 Å². The Balaban J connectivity index is 2.88. The summed E-state index contributed by atoms with van der Waals surface area (Å²) in [6.07, 6.45) is -1.20. The molecule has 0 saturated heterocycles. The molecule has 1 aromatic rings. The molecule has 2 unspecified atom stereocenters. The molecule has 4 heteroatoms. The lowest BCUT2D eigenvalue weighted by Crippen LogP contribution is -2.36. The maximum atomic E-state index is 11.6. The molecule has 0 heterocycles. The number of hydrogen-bond donors (Lipinski definition) is 2. The van der Waals surface area contributed by atoms with Crippen molar-refractivity contribution < 1.29 is 14.6 Å². The molecular formula is C14H21NO3. The fourth-order valence-electron chi connectivity index (χ4n) is 1.65. The minimum absolute atomic E-state index is 0.157. The van der Waals surface area contributed by atoms with Crippen LogP contribution >= 0.6 is 0 Å². The van der Waals surface area contributed by atoms with Crippen molar-refractivity contribution in [3.8, 4) is 5.75 Å². The van der Waals surface area contributed by atoms with Crippen LogP contribution in [0.5, 0.6) is 5.75 Å². The van der Waals surface area contributed by atoms with Crippen molar-refractivity contribution in [1.29, 1.82) is 0 Å². The Morgan fingerprint density at radius 3 is 2.67 bits per heavy atom. The number of benzene rings is 1. The molecule has 2 atom stereocenters. The Hall–Kier alpha value is -1.55. The van der Waals surface area contributed by atoms with E-state index in [0.29, 0.717) is 17.9 Å². The number of ether oxygens (including phenoxy) is 1. The molecule has 100 valence electrons. The second kappa shape index (κ2) is 6.40. The number of aliphatic hydroxyl groups excluding tert-OH is 1. The van der Waals surface area contributed by atoms with Gasteiger partial charge in [-0.05, 0) is 39.3 Å². The lowest BCUT2D eigenvalue weighted by molar-refractivity contribution is -0.127. The largest absolute Gasteiger partial charge is 0.481 e. The molecule has 0 saturated carbocycles. The monoisotopic (exact) mass is 251 g/mol. The van der Waals surface area contributed by atoms with E-state index in [1.54, 1.807) is 13.8 Å². The van der Waals surface area contributed by atoms with Crippen LogP contribution in [0, 0.1) is 6.92 Å². The van der Waals surface area contributed by atoms with Gasteiger partial charge in [0.2, 0.25) is 0 Å². The number of carbonyl (C=O) groups is 1. The van der Waals surface area contributed by atoms with Gasteiger partial charge in [-0.1, -0.05) is 12.1 Å². The summed E-state index contributed by atoms with van der Waals surface area (Å²) in [4.78, 5) is 11.6. The molecule has 2 N–H and O–H groups in total. The van der Waals surface area contributed by atoms with Crippen LogP contribution in [0.2, 0.25) is 0 Å². The molecule has 0 aromatic heterocycles. The van der Waals surface area contributed by atoms with Gasteiger partial charge >= 0.3 is 0 Å². The Morgan fingerprint density at radius 2 is 2.11 bits per heavy atom. The minimum Gasteiger partial charge on any atom is -0.481 e. The first-order chi connectivity index (χ1) is 8.45. The molecule has 0 aliphatic heterocycles. The lowest BCUT2D eigenvalue weighted by atomic mass is 10.1. The molecule has 0 fully saturated rings. The van der Waals surface area contributed by atoms with E-state index in [2.05, 4.69) is 5.32 Å². The highest BCUT2D eigenvalue weighted by Gasteiger charge is 2.17. The summed E-state index contributed by atoms with van der Waals surface area (Å²) < 4.78 is 5.63. The highest BCUT2D eigenvalue weighted by Crippen LogP contribution is 2.27. The van der Waals surface area contributed by atoms with Crippen LogP contribution in [-0.4, -0.2) is 23.7 Å². The number of rotatable bonds is 5. The average molecular weight is 251 g/mol. The summed E-state index contributed by atoms with van der Waals surface area (Å²) in [6, 6.07) is 5.56. The second-order valence-corrected chi connectivity index (χ2v) is 4.37. The summed E-state index contributed by atoms with van der Waals surface area (Å²) in [5.41, 5.74) is 1.72. The number of aryl methyl sites for hydroxylation is 1. The first kappa shape index (κ1) is 14.5. The van der Waals surface area contributed by atoms with Crippen LogP contribution in [0.25, 0.3) is 0 Å². The van der Waals surface area contributed by atoms with Crippen molar-refractivity contribution in [2.45, 2.75) is 39.9 Å². The Morgan fingerprint density at radius 1 is 1.44 bits per heavy atom. The molecule has 0 spiro atoms. The van der Waals surface area contributed by atoms with Crippen molar-refractivity contribution in [1.82, 2.24) is 5.32 Å². The van der Waals surface area contributed by atoms with Gasteiger partial charge in [0.1, 0.15) is 5.75 Å². The quantitative estimate of drug-likeness (QED) is 0.841. The average Bonchev–Trinajstić information content (AvgIpc) is 2.28. The van der Waals surface area contributed by atoms with Crippen LogP contribution in [0.3, 0.4) is 0 Å². The molecule has 1 aromatic carbocycles. The molecule has 1 rings (SSSR count). The van der Waals surface area contributed by atoms with Crippen LogP contribution in [-0.2, 0) is 4.79 Å². The summed E-state index contributed by atoms with van der Waals surface area (Å²) in [7, 11) is 0. The molecule has 0 bridgehead atoms. The Kier molecular flexibility index (Phi) is 5.16. The van der Waals surface area contributed by atoms with E-state index in [9.17, 15) is 9.90 Å². The van der Waals surface area contributed by atoms with Crippen molar-refractivity contribution in [3.63, 3.8) is 0 Å². The fraction of sp³-hybridized carbons (Fsp3) is 0.500. The van der Waals surface area contributed by atoms with Gasteiger partial charge in [-0.25, -0.2) is 0 Å². The van der Waals surface area contributed by atoms with Gasteiger partial charge in [0.25, 0.3) is 5.91 Å². The van der Waals surface area contributed by atoms with Crippen LogP contribution < -0.4 is 10.1 Å². The van der Waals surface area contributed by atoms with Gasteiger partial charge < -0.3 is 15.2 Å². The van der Waals surface area contributed by atoms with E-state index in [1.165, 1.54) is 0 Å². The number of hydrogen-bond acceptors (Lipinski definition) is 3. The Bertz CT molecular complexity index is 416. The summed E-state index contributed by atoms with van der Waals surface area (Å²) >= 11 is 0. The zero-order valence-electron chi connectivity index (χ0n) is 11.4. The van der Waals surface area contributed by atoms with Crippen molar-refractivity contribution >= 4 is 5.91 Å². The minimum atomic E-state index is -0.623. The molecule has 1 amide bonds. The molecule has 18 heavy (non-hydrogen) atoms. The lowest BCUT2D eigenvalue weighted by Gasteiger charge is -2.18. The zero-order valence-corrected chi connectivity index (χ0v) is 11.4. The second-order valence-electron chi connectivity index (χ2n) is 4.37. The van der Waals surface area contributed by atoms with Gasteiger partial charge in [-0.15, -0.1) is 0 Å². The first-order valence-corrected chi connectivity index (χ1v) is 6.18. The zero-order chi connectivity index (χ0) is 13.7. The van der Waals surface area contributed by atoms with Crippen molar-refractivity contribution in [2.75, 3.05) is 6.54 Å². The fourth-order valence-corrected chi connectivity index (χ4v) is 1.65. The third-order valence-electron chi connectivity index (χ3n) is 2.64. The molecular weight excluding hydrogens is 230 g/mol. The topological polar surface area (TPSA) is 58.6 Å². The van der Waals surface area contributed by atoms with E-state index in [-0.39, 0.29) is 5.91 Å². The number of nitrogens with one attached hydrogen (secondary N) is 1. The summed E-state index contributed by atoms with van der Waals surface area (Å²) in [5, 5.41) is 12.4. The maximum Gasteiger partial charge on any atom is 0.260 e. The third kappa shape index (κ3) is 3.74. The highest BCUT2D eigenvalue weighted by molar-refractivity contribution is 5.80. The van der Waals surface area contributed by atoms with E-state index < -0.39 is 12.2 Å². The number of carbonyl (C=O) groups excluding carboxylic acids is 1. The van der Waals surface area contributed by atoms with Gasteiger partial charge in [0.15, 0.2) is 6.10 Å². The van der Waals surface area contributed by atoms with Gasteiger partial charge in [0.05, 0.1) is 6.10 Å². The van der Waals surface area contributed by atoms with E-state index in [0.717, 1.165) is 5.56 Å². The summed E-state index contributed by atoms with van der Waals surface area (Å²) in [6.45, 7) is 7.74. The van der Waals surface area contributed by atoms with E-state index >= 15 is 0 Å². The smallest absolute Gasteiger partial charge is 0.260 e. The summed E-state index contributed by atoms with van der Waals surface area (Å²) in [5.74, 6) is 0.402. The number of amides is 1. The maximum absolute atomic E-state index is 11.6. The molecule has 0 aliphatic rings. The molecule has 4 nitrogen and oxygen atoms in total. The van der Waals surface area contributed by atoms with Crippen LogP contribution in [0.1, 0.15) is 38.0 Å². The third-order valence-corrected chi connectivity index (χ3v) is 2.64. The van der Waals surface area contributed by atoms with Crippen LogP contribution in [0.15, 0.2) is 18.2 Å². The van der Waals surface area contributed by atoms with Crippen molar-refractivity contribution in [2.24, 2.45) is 0 Å². The van der Waals surface area contributed by atoms with Gasteiger partial charge in [-0.2, -0.15) is 0 Å². The first-order valence-electron chi connectivity index (χ1n) is 6.18. The highest BCUT2D eigenvalue weighted by atomic mass is 16.5. The van der Waals surface area contributed by atoms with E-state index in [4.69, 9.17) is 4.74 Å². The number of likely N-dealkylation sites (N-methyl/N-ethyl adjacent to an activating group) is 1. The van der Waals surface area contributed by atoms with Gasteiger partial charge in [-0.3, -0.25) is 4.79 Å².